The van der Waals surface area contributed by atoms with E-state index < -0.39 is 0 Å². The van der Waals surface area contributed by atoms with Gasteiger partial charge in [0.2, 0.25) is 5.91 Å². The van der Waals surface area contributed by atoms with Gasteiger partial charge in [0.25, 0.3) is 0 Å². The zero-order valence-electron chi connectivity index (χ0n) is 15.8. The minimum atomic E-state index is -0.292. The van der Waals surface area contributed by atoms with Crippen molar-refractivity contribution in [2.75, 3.05) is 0 Å². The topological polar surface area (TPSA) is 38.3 Å². The summed E-state index contributed by atoms with van der Waals surface area (Å²) in [5.74, 6) is 0.931. The fourth-order valence-corrected chi connectivity index (χ4v) is 3.57. The number of hydrogen-bond acceptors (Lipinski definition) is 2. The van der Waals surface area contributed by atoms with E-state index in [0.717, 1.165) is 23.3 Å². The number of hydrogen-bond donors (Lipinski definition) is 1. The van der Waals surface area contributed by atoms with Gasteiger partial charge in [-0.15, -0.1) is 0 Å². The van der Waals surface area contributed by atoms with Gasteiger partial charge in [-0.3, -0.25) is 4.79 Å². The van der Waals surface area contributed by atoms with Crippen LogP contribution in [0.3, 0.4) is 0 Å². The van der Waals surface area contributed by atoms with Gasteiger partial charge in [0.05, 0.1) is 12.5 Å². The van der Waals surface area contributed by atoms with Crippen LogP contribution < -0.4 is 10.1 Å². The molecule has 0 bridgehead atoms. The highest BCUT2D eigenvalue weighted by molar-refractivity contribution is 5.79. The Kier molecular flexibility index (Phi) is 4.59. The summed E-state index contributed by atoms with van der Waals surface area (Å²) in [6, 6.07) is 12.4. The van der Waals surface area contributed by atoms with E-state index in [0.29, 0.717) is 6.42 Å². The second-order valence-corrected chi connectivity index (χ2v) is 7.83. The zero-order valence-corrected chi connectivity index (χ0v) is 15.8. The molecule has 1 N–H and O–H groups in total. The van der Waals surface area contributed by atoms with E-state index in [1.54, 1.807) is 0 Å². The van der Waals surface area contributed by atoms with Crippen LogP contribution in [0, 0.1) is 20.8 Å². The molecule has 1 aliphatic heterocycles. The largest absolute Gasteiger partial charge is 0.487 e. The molecule has 2 aromatic rings. The Balaban J connectivity index is 1.80. The lowest BCUT2D eigenvalue weighted by Gasteiger charge is -2.38. The van der Waals surface area contributed by atoms with Gasteiger partial charge in [-0.05, 0) is 51.8 Å². The van der Waals surface area contributed by atoms with E-state index in [9.17, 15) is 4.79 Å². The number of nitrogens with one attached hydrogen (secondary N) is 1. The Morgan fingerprint density at radius 3 is 2.52 bits per heavy atom. The first-order chi connectivity index (χ1) is 11.7. The molecule has 0 spiro atoms. The molecule has 0 saturated carbocycles. The van der Waals surface area contributed by atoms with Crippen molar-refractivity contribution in [3.8, 4) is 5.75 Å². The van der Waals surface area contributed by atoms with Crippen molar-refractivity contribution in [2.45, 2.75) is 59.1 Å². The van der Waals surface area contributed by atoms with Crippen LogP contribution in [-0.4, -0.2) is 11.5 Å². The second-order valence-electron chi connectivity index (χ2n) is 7.83. The number of carbonyl (C=O) groups is 1. The van der Waals surface area contributed by atoms with Crippen molar-refractivity contribution in [2.24, 2.45) is 0 Å². The molecule has 0 aliphatic carbocycles. The molecular weight excluding hydrogens is 310 g/mol. The van der Waals surface area contributed by atoms with Crippen molar-refractivity contribution in [1.82, 2.24) is 5.32 Å². The fourth-order valence-electron chi connectivity index (χ4n) is 3.57. The highest BCUT2D eigenvalue weighted by atomic mass is 16.5. The predicted octanol–water partition coefficient (Wildman–Crippen LogP) is 4.57. The summed E-state index contributed by atoms with van der Waals surface area (Å²) in [5.41, 5.74) is 5.43. The summed E-state index contributed by atoms with van der Waals surface area (Å²) in [7, 11) is 0. The Morgan fingerprint density at radius 1 is 1.12 bits per heavy atom. The molecule has 0 radical (unpaired) electrons. The van der Waals surface area contributed by atoms with E-state index >= 15 is 0 Å². The smallest absolute Gasteiger partial charge is 0.224 e. The van der Waals surface area contributed by atoms with Gasteiger partial charge in [-0.25, -0.2) is 0 Å². The standard InChI is InChI=1S/C22H27NO2/c1-14-6-8-17(16(3)10-14)12-21(24)23-19-13-22(4,5)25-20-9-7-15(2)11-18(19)20/h6-11,19H,12-13H2,1-5H3,(H,23,24)/t19-/m1/s1. The second kappa shape index (κ2) is 6.55. The van der Waals surface area contributed by atoms with Crippen LogP contribution in [0.2, 0.25) is 0 Å². The maximum absolute atomic E-state index is 12.7. The monoisotopic (exact) mass is 337 g/mol. The summed E-state index contributed by atoms with van der Waals surface area (Å²) in [6.45, 7) is 10.3. The average molecular weight is 337 g/mol. The van der Waals surface area contributed by atoms with E-state index in [-0.39, 0.29) is 17.6 Å². The lowest BCUT2D eigenvalue weighted by molar-refractivity contribution is -0.121. The highest BCUT2D eigenvalue weighted by Crippen LogP contribution is 2.39. The highest BCUT2D eigenvalue weighted by Gasteiger charge is 2.34. The van der Waals surface area contributed by atoms with Crippen molar-refractivity contribution < 1.29 is 9.53 Å². The van der Waals surface area contributed by atoms with Crippen LogP contribution in [0.1, 0.15) is 54.1 Å². The molecule has 0 aromatic heterocycles. The molecule has 2 aromatic carbocycles. The van der Waals surface area contributed by atoms with Crippen molar-refractivity contribution >= 4 is 5.91 Å². The van der Waals surface area contributed by atoms with Crippen LogP contribution in [-0.2, 0) is 11.2 Å². The molecule has 1 aliphatic rings. The Hall–Kier alpha value is -2.29. The van der Waals surface area contributed by atoms with Gasteiger partial charge in [0.1, 0.15) is 11.4 Å². The number of ether oxygens (including phenoxy) is 1. The summed E-state index contributed by atoms with van der Waals surface area (Å²) in [6.07, 6.45) is 1.17. The Labute approximate surface area is 150 Å². The molecule has 3 nitrogen and oxygen atoms in total. The number of carbonyl (C=O) groups excluding carboxylic acids is 1. The third-order valence-corrected chi connectivity index (χ3v) is 4.81. The molecule has 0 saturated heterocycles. The van der Waals surface area contributed by atoms with Crippen LogP contribution in [0.15, 0.2) is 36.4 Å². The summed E-state index contributed by atoms with van der Waals surface area (Å²) >= 11 is 0. The van der Waals surface area contributed by atoms with Gasteiger partial charge < -0.3 is 10.1 Å². The minimum absolute atomic E-state index is 0.0168. The maximum Gasteiger partial charge on any atom is 0.224 e. The number of amides is 1. The molecule has 1 atom stereocenters. The molecule has 25 heavy (non-hydrogen) atoms. The number of fused-ring (bicyclic) bond motifs is 1. The third kappa shape index (κ3) is 4.04. The third-order valence-electron chi connectivity index (χ3n) is 4.81. The van der Waals surface area contributed by atoms with E-state index in [2.05, 4.69) is 70.3 Å². The van der Waals surface area contributed by atoms with E-state index in [1.165, 1.54) is 16.7 Å². The zero-order chi connectivity index (χ0) is 18.2. The molecule has 1 heterocycles. The van der Waals surface area contributed by atoms with E-state index in [1.807, 2.05) is 6.07 Å². The molecule has 3 rings (SSSR count). The lowest BCUT2D eigenvalue weighted by Crippen LogP contribution is -2.41. The summed E-state index contributed by atoms with van der Waals surface area (Å²) < 4.78 is 6.09. The van der Waals surface area contributed by atoms with Crippen molar-refractivity contribution in [3.63, 3.8) is 0 Å². The van der Waals surface area contributed by atoms with Crippen LogP contribution >= 0.6 is 0 Å². The number of rotatable bonds is 3. The minimum Gasteiger partial charge on any atom is -0.487 e. The Morgan fingerprint density at radius 2 is 1.80 bits per heavy atom. The summed E-state index contributed by atoms with van der Waals surface area (Å²) in [5, 5.41) is 3.23. The fraction of sp³-hybridized carbons (Fsp3) is 0.409. The lowest BCUT2D eigenvalue weighted by atomic mass is 9.88. The van der Waals surface area contributed by atoms with Gasteiger partial charge in [0.15, 0.2) is 0 Å². The van der Waals surface area contributed by atoms with Crippen molar-refractivity contribution in [1.29, 1.82) is 0 Å². The van der Waals surface area contributed by atoms with E-state index in [4.69, 9.17) is 4.74 Å². The Bertz CT molecular complexity index is 808. The first-order valence-electron chi connectivity index (χ1n) is 8.88. The molecule has 3 heteroatoms. The molecule has 0 fully saturated rings. The first kappa shape index (κ1) is 17.5. The van der Waals surface area contributed by atoms with Crippen LogP contribution in [0.25, 0.3) is 0 Å². The van der Waals surface area contributed by atoms with Crippen LogP contribution in [0.5, 0.6) is 5.75 Å². The molecule has 1 amide bonds. The van der Waals surface area contributed by atoms with Gasteiger partial charge in [-0.2, -0.15) is 0 Å². The van der Waals surface area contributed by atoms with Crippen molar-refractivity contribution in [3.05, 3.63) is 64.2 Å². The molecule has 132 valence electrons. The van der Waals surface area contributed by atoms with Gasteiger partial charge in [-0.1, -0.05) is 41.5 Å². The van der Waals surface area contributed by atoms with Gasteiger partial charge in [0, 0.05) is 12.0 Å². The normalized spacial score (nSPS) is 18.2. The van der Waals surface area contributed by atoms with Crippen LogP contribution in [0.4, 0.5) is 0 Å². The number of aryl methyl sites for hydroxylation is 3. The predicted molar refractivity (Wildman–Crippen MR) is 101 cm³/mol. The SMILES string of the molecule is Cc1ccc(CC(=O)N[C@@H]2CC(C)(C)Oc3ccc(C)cc32)c(C)c1. The maximum atomic E-state index is 12.7. The van der Waals surface area contributed by atoms with Gasteiger partial charge >= 0.3 is 0 Å². The number of benzene rings is 2. The summed E-state index contributed by atoms with van der Waals surface area (Å²) in [4.78, 5) is 12.7. The molecular formula is C22H27NO2. The molecule has 0 unspecified atom stereocenters. The first-order valence-corrected chi connectivity index (χ1v) is 8.88. The quantitative estimate of drug-likeness (QED) is 0.891. The average Bonchev–Trinajstić information content (AvgIpc) is 2.50.